The fourth-order valence-corrected chi connectivity index (χ4v) is 1.77. The third kappa shape index (κ3) is 3.85. The first-order chi connectivity index (χ1) is 10.5. The maximum atomic E-state index is 13.4. The van der Waals surface area contributed by atoms with Crippen molar-refractivity contribution in [2.75, 3.05) is 13.6 Å². The molecule has 22 heavy (non-hydrogen) atoms. The number of hydrogen-bond donors (Lipinski definition) is 1. The highest BCUT2D eigenvalue weighted by Crippen LogP contribution is 2.18. The zero-order valence-electron chi connectivity index (χ0n) is 11.9. The highest BCUT2D eigenvalue weighted by Gasteiger charge is 2.17. The van der Waals surface area contributed by atoms with E-state index < -0.39 is 17.6 Å². The molecule has 0 fully saturated rings. The number of carbonyl (C=O) groups excluding carboxylic acids is 2. The number of ether oxygens (including phenoxy) is 1. The lowest BCUT2D eigenvalue weighted by Crippen LogP contribution is -2.35. The molecule has 0 saturated carbocycles. The number of halogens is 1. The molecule has 2 rings (SSSR count). The van der Waals surface area contributed by atoms with E-state index in [9.17, 15) is 14.0 Å². The first-order valence-electron chi connectivity index (χ1n) is 6.47. The van der Waals surface area contributed by atoms with Gasteiger partial charge < -0.3 is 19.8 Å². The van der Waals surface area contributed by atoms with Crippen LogP contribution in [0.5, 0.6) is 5.75 Å². The van der Waals surface area contributed by atoms with Gasteiger partial charge in [0.15, 0.2) is 17.3 Å². The van der Waals surface area contributed by atoms with Crippen LogP contribution in [0.2, 0.25) is 0 Å². The van der Waals surface area contributed by atoms with Crippen LogP contribution in [0.3, 0.4) is 0 Å². The molecule has 0 aliphatic carbocycles. The molecule has 1 aromatic heterocycles. The first-order valence-corrected chi connectivity index (χ1v) is 6.47. The SMILES string of the molecule is CN(CC(N)=O)C(=O)c1ccc(COc2ccccc2F)o1. The molecular formula is C15H15FN2O4. The van der Waals surface area contributed by atoms with E-state index in [1.54, 1.807) is 18.2 Å². The predicted octanol–water partition coefficient (Wildman–Crippen LogP) is 1.55. The summed E-state index contributed by atoms with van der Waals surface area (Å²) in [6.45, 7) is -0.228. The summed E-state index contributed by atoms with van der Waals surface area (Å²) in [6.07, 6.45) is 0. The fourth-order valence-electron chi connectivity index (χ4n) is 1.77. The Morgan fingerprint density at radius 1 is 1.27 bits per heavy atom. The quantitative estimate of drug-likeness (QED) is 0.877. The summed E-state index contributed by atoms with van der Waals surface area (Å²) in [5, 5.41) is 0. The number of furan rings is 1. The highest BCUT2D eigenvalue weighted by atomic mass is 19.1. The van der Waals surface area contributed by atoms with Gasteiger partial charge in [-0.2, -0.15) is 0 Å². The molecule has 2 N–H and O–H groups in total. The zero-order chi connectivity index (χ0) is 16.1. The van der Waals surface area contributed by atoms with Crippen LogP contribution in [0, 0.1) is 5.82 Å². The van der Waals surface area contributed by atoms with Crippen LogP contribution in [-0.4, -0.2) is 30.3 Å². The standard InChI is InChI=1S/C15H15FN2O4/c1-18(8-14(17)19)15(20)13-7-6-10(22-13)9-21-12-5-3-2-4-11(12)16/h2-7H,8-9H2,1H3,(H2,17,19). The summed E-state index contributed by atoms with van der Waals surface area (Å²) in [6, 6.07) is 8.98. The van der Waals surface area contributed by atoms with Gasteiger partial charge in [-0.25, -0.2) is 4.39 Å². The third-order valence-electron chi connectivity index (χ3n) is 2.82. The lowest BCUT2D eigenvalue weighted by atomic mass is 10.3. The molecule has 0 aliphatic heterocycles. The van der Waals surface area contributed by atoms with Gasteiger partial charge in [0.2, 0.25) is 5.91 Å². The molecule has 116 valence electrons. The predicted molar refractivity (Wildman–Crippen MR) is 75.6 cm³/mol. The van der Waals surface area contributed by atoms with Crippen LogP contribution in [0.15, 0.2) is 40.8 Å². The van der Waals surface area contributed by atoms with Crippen molar-refractivity contribution in [3.8, 4) is 5.75 Å². The summed E-state index contributed by atoms with van der Waals surface area (Å²) in [5.74, 6) is -1.07. The van der Waals surface area contributed by atoms with E-state index in [0.29, 0.717) is 5.76 Å². The number of hydrogen-bond acceptors (Lipinski definition) is 4. The molecule has 0 aliphatic rings. The van der Waals surface area contributed by atoms with Crippen LogP contribution < -0.4 is 10.5 Å². The van der Waals surface area contributed by atoms with Gasteiger partial charge in [-0.1, -0.05) is 12.1 Å². The molecule has 0 radical (unpaired) electrons. The van der Waals surface area contributed by atoms with Crippen LogP contribution in [0.1, 0.15) is 16.3 Å². The molecule has 7 heteroatoms. The van der Waals surface area contributed by atoms with Gasteiger partial charge in [-0.3, -0.25) is 9.59 Å². The summed E-state index contributed by atoms with van der Waals surface area (Å²) in [4.78, 5) is 23.9. The Morgan fingerprint density at radius 3 is 2.68 bits per heavy atom. The third-order valence-corrected chi connectivity index (χ3v) is 2.82. The molecule has 0 bridgehead atoms. The lowest BCUT2D eigenvalue weighted by molar-refractivity contribution is -0.118. The van der Waals surface area contributed by atoms with E-state index in [2.05, 4.69) is 0 Å². The van der Waals surface area contributed by atoms with Gasteiger partial charge in [0, 0.05) is 7.05 Å². The molecule has 1 heterocycles. The van der Waals surface area contributed by atoms with Crippen molar-refractivity contribution in [3.63, 3.8) is 0 Å². The summed E-state index contributed by atoms with van der Waals surface area (Å²) >= 11 is 0. The molecule has 1 aromatic carbocycles. The Morgan fingerprint density at radius 2 is 2.00 bits per heavy atom. The monoisotopic (exact) mass is 306 g/mol. The Balaban J connectivity index is 1.98. The summed E-state index contributed by atoms with van der Waals surface area (Å²) in [7, 11) is 1.44. The van der Waals surface area contributed by atoms with E-state index in [1.165, 1.54) is 25.2 Å². The van der Waals surface area contributed by atoms with Gasteiger partial charge in [-0.05, 0) is 24.3 Å². The minimum atomic E-state index is -0.620. The Kier molecular flexibility index (Phi) is 4.77. The van der Waals surface area contributed by atoms with E-state index in [1.807, 2.05) is 0 Å². The van der Waals surface area contributed by atoms with Crippen molar-refractivity contribution >= 4 is 11.8 Å². The van der Waals surface area contributed by atoms with Gasteiger partial charge >= 0.3 is 0 Å². The van der Waals surface area contributed by atoms with Crippen LogP contribution in [-0.2, 0) is 11.4 Å². The van der Waals surface area contributed by atoms with E-state index in [4.69, 9.17) is 14.9 Å². The minimum absolute atomic E-state index is 0.0201. The van der Waals surface area contributed by atoms with Crippen LogP contribution in [0.25, 0.3) is 0 Å². The number of amides is 2. The van der Waals surface area contributed by atoms with Crippen LogP contribution in [0.4, 0.5) is 4.39 Å². The summed E-state index contributed by atoms with van der Waals surface area (Å²) < 4.78 is 24.0. The first kappa shape index (κ1) is 15.6. The van der Waals surface area contributed by atoms with Crippen molar-refractivity contribution < 1.29 is 23.1 Å². The number of nitrogens with two attached hydrogens (primary N) is 1. The molecule has 0 spiro atoms. The lowest BCUT2D eigenvalue weighted by Gasteiger charge is -2.12. The normalized spacial score (nSPS) is 10.3. The van der Waals surface area contributed by atoms with Crippen LogP contribution >= 0.6 is 0 Å². The second-order valence-electron chi connectivity index (χ2n) is 4.61. The number of rotatable bonds is 6. The number of primary amides is 1. The maximum Gasteiger partial charge on any atom is 0.289 e. The largest absolute Gasteiger partial charge is 0.483 e. The molecule has 2 aromatic rings. The topological polar surface area (TPSA) is 85.8 Å². The maximum absolute atomic E-state index is 13.4. The number of para-hydroxylation sites is 1. The molecule has 2 amide bonds. The van der Waals surface area contributed by atoms with E-state index in [0.717, 1.165) is 4.90 Å². The van der Waals surface area contributed by atoms with Crippen molar-refractivity contribution in [1.29, 1.82) is 0 Å². The van der Waals surface area contributed by atoms with Crippen molar-refractivity contribution in [2.24, 2.45) is 5.73 Å². The number of carbonyl (C=O) groups is 2. The Labute approximate surface area is 126 Å². The van der Waals surface area contributed by atoms with Gasteiger partial charge in [0.05, 0.1) is 6.54 Å². The van der Waals surface area contributed by atoms with Crippen molar-refractivity contribution in [2.45, 2.75) is 6.61 Å². The van der Waals surface area contributed by atoms with E-state index in [-0.39, 0.29) is 24.7 Å². The van der Waals surface area contributed by atoms with Crippen molar-refractivity contribution in [1.82, 2.24) is 4.90 Å². The second-order valence-corrected chi connectivity index (χ2v) is 4.61. The zero-order valence-corrected chi connectivity index (χ0v) is 11.9. The van der Waals surface area contributed by atoms with Crippen molar-refractivity contribution in [3.05, 3.63) is 53.7 Å². The molecule has 6 nitrogen and oxygen atoms in total. The highest BCUT2D eigenvalue weighted by molar-refractivity contribution is 5.93. The number of benzene rings is 1. The molecular weight excluding hydrogens is 291 g/mol. The van der Waals surface area contributed by atoms with E-state index >= 15 is 0 Å². The molecule has 0 unspecified atom stereocenters. The second kappa shape index (κ2) is 6.75. The average molecular weight is 306 g/mol. The minimum Gasteiger partial charge on any atom is -0.483 e. The molecule has 0 atom stereocenters. The Bertz CT molecular complexity index is 684. The number of likely N-dealkylation sites (N-methyl/N-ethyl adjacent to an activating group) is 1. The van der Waals surface area contributed by atoms with Gasteiger partial charge in [-0.15, -0.1) is 0 Å². The van der Waals surface area contributed by atoms with Gasteiger partial charge in [0.25, 0.3) is 5.91 Å². The average Bonchev–Trinajstić information content (AvgIpc) is 2.93. The fraction of sp³-hybridized carbons (Fsp3) is 0.200. The molecule has 0 saturated heterocycles. The Hall–Kier alpha value is -2.83. The smallest absolute Gasteiger partial charge is 0.289 e. The summed E-state index contributed by atoms with van der Waals surface area (Å²) in [5.41, 5.74) is 5.02. The van der Waals surface area contributed by atoms with Gasteiger partial charge in [0.1, 0.15) is 12.4 Å². The number of nitrogens with zero attached hydrogens (tertiary/aromatic N) is 1.